The SMILES string of the molecule is CCCC[Si](C)(Cl)CC[Si](C)(Cl)CCCC. The van der Waals surface area contributed by atoms with Crippen LogP contribution in [0.3, 0.4) is 0 Å². The molecule has 0 fully saturated rings. The number of unbranched alkanes of at least 4 members (excludes halogenated alkanes) is 2. The van der Waals surface area contributed by atoms with Crippen LogP contribution in [0.4, 0.5) is 0 Å². The van der Waals surface area contributed by atoms with Crippen molar-refractivity contribution in [2.24, 2.45) is 0 Å². The van der Waals surface area contributed by atoms with Gasteiger partial charge < -0.3 is 0 Å². The zero-order valence-corrected chi connectivity index (χ0v) is 14.9. The molecule has 0 spiro atoms. The van der Waals surface area contributed by atoms with Crippen LogP contribution in [0, 0.1) is 0 Å². The van der Waals surface area contributed by atoms with Gasteiger partial charge in [0.15, 0.2) is 14.8 Å². The lowest BCUT2D eigenvalue weighted by atomic mass is 10.4. The maximum absolute atomic E-state index is 6.66. The van der Waals surface area contributed by atoms with Crippen LogP contribution in [0.1, 0.15) is 39.5 Å². The third-order valence-corrected chi connectivity index (χ3v) is 11.4. The number of hydrogen-bond donors (Lipinski definition) is 0. The summed E-state index contributed by atoms with van der Waals surface area (Å²) in [5, 5.41) is 0. The molecule has 2 atom stereocenters. The molecule has 0 saturated heterocycles. The minimum Gasteiger partial charge on any atom is -0.167 e. The summed E-state index contributed by atoms with van der Waals surface area (Å²) in [5.74, 6) is 0. The predicted octanol–water partition coefficient (Wildman–Crippen LogP) is 6.21. The number of hydrogen-bond acceptors (Lipinski definition) is 0. The first-order chi connectivity index (χ1) is 7.33. The smallest absolute Gasteiger partial charge is 0.153 e. The molecule has 0 bridgehead atoms. The van der Waals surface area contributed by atoms with E-state index >= 15 is 0 Å². The van der Waals surface area contributed by atoms with Crippen molar-refractivity contribution in [3.05, 3.63) is 0 Å². The van der Waals surface area contributed by atoms with Crippen LogP contribution >= 0.6 is 22.2 Å². The standard InChI is InChI=1S/C12H28Cl2Si2/c1-5-7-9-15(3,13)11-12-16(4,14)10-8-6-2/h5-12H2,1-4H3. The van der Waals surface area contributed by atoms with Crippen LogP contribution in [0.5, 0.6) is 0 Å². The molecular formula is C12H28Cl2Si2. The fourth-order valence-corrected chi connectivity index (χ4v) is 11.2. The van der Waals surface area contributed by atoms with Crippen molar-refractivity contribution in [2.75, 3.05) is 0 Å². The second-order valence-corrected chi connectivity index (χ2v) is 18.7. The summed E-state index contributed by atoms with van der Waals surface area (Å²) in [4.78, 5) is 0. The molecule has 0 aliphatic heterocycles. The van der Waals surface area contributed by atoms with Gasteiger partial charge in [0.2, 0.25) is 0 Å². The molecule has 0 aromatic carbocycles. The van der Waals surface area contributed by atoms with Crippen molar-refractivity contribution in [3.63, 3.8) is 0 Å². The van der Waals surface area contributed by atoms with Gasteiger partial charge in [0.25, 0.3) is 0 Å². The van der Waals surface area contributed by atoms with Crippen LogP contribution in [0.25, 0.3) is 0 Å². The topological polar surface area (TPSA) is 0 Å². The van der Waals surface area contributed by atoms with Crippen LogP contribution in [0.15, 0.2) is 0 Å². The fourth-order valence-electron chi connectivity index (χ4n) is 1.86. The highest BCUT2D eigenvalue weighted by Crippen LogP contribution is 2.32. The summed E-state index contributed by atoms with van der Waals surface area (Å²) >= 11 is 13.3. The molecule has 0 aromatic heterocycles. The first kappa shape index (κ1) is 17.0. The minimum absolute atomic E-state index is 1.23. The maximum atomic E-state index is 6.66. The zero-order valence-electron chi connectivity index (χ0n) is 11.4. The minimum atomic E-state index is -1.45. The average molecular weight is 299 g/mol. The van der Waals surface area contributed by atoms with Gasteiger partial charge in [-0.15, -0.1) is 0 Å². The Bertz CT molecular complexity index is 162. The van der Waals surface area contributed by atoms with Gasteiger partial charge in [-0.1, -0.05) is 52.6 Å². The van der Waals surface area contributed by atoms with E-state index in [0.717, 1.165) is 0 Å². The van der Waals surface area contributed by atoms with E-state index in [0.29, 0.717) is 0 Å². The molecule has 0 aromatic rings. The molecule has 4 heteroatoms. The molecule has 0 N–H and O–H groups in total. The second kappa shape index (κ2) is 8.17. The van der Waals surface area contributed by atoms with E-state index in [1.807, 2.05) is 0 Å². The van der Waals surface area contributed by atoms with E-state index in [-0.39, 0.29) is 0 Å². The van der Waals surface area contributed by atoms with Crippen molar-refractivity contribution in [3.8, 4) is 0 Å². The average Bonchev–Trinajstić information content (AvgIpc) is 2.22. The van der Waals surface area contributed by atoms with E-state index in [9.17, 15) is 0 Å². The Labute approximate surface area is 114 Å². The molecule has 0 saturated carbocycles. The Morgan fingerprint density at radius 1 is 0.688 bits per heavy atom. The van der Waals surface area contributed by atoms with Crippen LogP contribution in [0.2, 0.25) is 37.3 Å². The zero-order chi connectivity index (χ0) is 12.7. The normalized spacial score (nSPS) is 19.1. The van der Waals surface area contributed by atoms with Crippen molar-refractivity contribution in [2.45, 2.75) is 76.8 Å². The van der Waals surface area contributed by atoms with Crippen molar-refractivity contribution in [1.29, 1.82) is 0 Å². The van der Waals surface area contributed by atoms with E-state index in [1.54, 1.807) is 0 Å². The summed E-state index contributed by atoms with van der Waals surface area (Å²) in [7, 11) is -2.90. The molecular weight excluding hydrogens is 271 g/mol. The van der Waals surface area contributed by atoms with E-state index in [1.165, 1.54) is 49.9 Å². The summed E-state index contributed by atoms with van der Waals surface area (Å²) in [6.07, 6.45) is 5.12. The van der Waals surface area contributed by atoms with Crippen LogP contribution in [-0.4, -0.2) is 14.8 Å². The molecule has 0 radical (unpaired) electrons. The first-order valence-electron chi connectivity index (χ1n) is 6.71. The molecule has 0 rings (SSSR count). The summed E-state index contributed by atoms with van der Waals surface area (Å²) in [6, 6.07) is 4.98. The van der Waals surface area contributed by atoms with Crippen molar-refractivity contribution in [1.82, 2.24) is 0 Å². The predicted molar refractivity (Wildman–Crippen MR) is 84.0 cm³/mol. The van der Waals surface area contributed by atoms with Gasteiger partial charge >= 0.3 is 0 Å². The lowest BCUT2D eigenvalue weighted by Gasteiger charge is -2.25. The summed E-state index contributed by atoms with van der Waals surface area (Å²) in [6.45, 7) is 9.10. The second-order valence-electron chi connectivity index (χ2n) is 5.53. The van der Waals surface area contributed by atoms with E-state index in [4.69, 9.17) is 22.2 Å². The molecule has 98 valence electrons. The molecule has 0 nitrogen and oxygen atoms in total. The highest BCUT2D eigenvalue weighted by Gasteiger charge is 2.30. The van der Waals surface area contributed by atoms with Gasteiger partial charge in [-0.25, -0.2) is 0 Å². The molecule has 0 aliphatic rings. The molecule has 0 amide bonds. The summed E-state index contributed by atoms with van der Waals surface area (Å²) in [5.41, 5.74) is 0. The Balaban J connectivity index is 3.91. The van der Waals surface area contributed by atoms with Crippen molar-refractivity contribution >= 4 is 36.9 Å². The third kappa shape index (κ3) is 9.09. The number of rotatable bonds is 9. The third-order valence-electron chi connectivity index (χ3n) is 3.27. The van der Waals surface area contributed by atoms with Gasteiger partial charge in [0.1, 0.15) is 0 Å². The highest BCUT2D eigenvalue weighted by molar-refractivity contribution is 7.23. The lowest BCUT2D eigenvalue weighted by molar-refractivity contribution is 0.863. The Morgan fingerprint density at radius 3 is 1.25 bits per heavy atom. The molecule has 0 aliphatic carbocycles. The van der Waals surface area contributed by atoms with Crippen molar-refractivity contribution < 1.29 is 0 Å². The number of halogens is 2. The van der Waals surface area contributed by atoms with Gasteiger partial charge in [0, 0.05) is 0 Å². The van der Waals surface area contributed by atoms with Crippen LogP contribution in [-0.2, 0) is 0 Å². The monoisotopic (exact) mass is 298 g/mol. The lowest BCUT2D eigenvalue weighted by Crippen LogP contribution is -2.29. The van der Waals surface area contributed by atoms with Gasteiger partial charge in [0.05, 0.1) is 0 Å². The quantitative estimate of drug-likeness (QED) is 0.350. The van der Waals surface area contributed by atoms with E-state index in [2.05, 4.69) is 26.9 Å². The fraction of sp³-hybridized carbons (Fsp3) is 1.00. The van der Waals surface area contributed by atoms with E-state index < -0.39 is 14.8 Å². The Kier molecular flexibility index (Phi) is 8.69. The van der Waals surface area contributed by atoms with Gasteiger partial charge in [-0.3, -0.25) is 0 Å². The molecule has 0 heterocycles. The largest absolute Gasteiger partial charge is 0.167 e. The Morgan fingerprint density at radius 2 is 1.00 bits per heavy atom. The highest BCUT2D eigenvalue weighted by atomic mass is 35.6. The van der Waals surface area contributed by atoms with Gasteiger partial charge in [-0.05, 0) is 24.2 Å². The first-order valence-corrected chi connectivity index (χ1v) is 14.6. The molecule has 16 heavy (non-hydrogen) atoms. The Hall–Kier alpha value is 1.01. The van der Waals surface area contributed by atoms with Crippen LogP contribution < -0.4 is 0 Å². The van der Waals surface area contributed by atoms with Gasteiger partial charge in [-0.2, -0.15) is 22.2 Å². The maximum Gasteiger partial charge on any atom is 0.153 e. The summed E-state index contributed by atoms with van der Waals surface area (Å²) < 4.78 is 0. The molecule has 2 unspecified atom stereocenters.